The smallest absolute Gasteiger partial charge is 0.230 e. The summed E-state index contributed by atoms with van der Waals surface area (Å²) in [4.78, 5) is 11.7. The van der Waals surface area contributed by atoms with E-state index >= 15 is 0 Å². The number of hydrogen-bond donors (Lipinski definition) is 2. The van der Waals surface area contributed by atoms with Crippen molar-refractivity contribution >= 4 is 23.2 Å². The lowest BCUT2D eigenvalue weighted by atomic mass is 10.0. The molecule has 0 unspecified atom stereocenters. The van der Waals surface area contributed by atoms with Gasteiger partial charge in [0.2, 0.25) is 5.91 Å². The molecular formula is C13H17ClN2O2. The average molecular weight is 269 g/mol. The third kappa shape index (κ3) is 3.15. The van der Waals surface area contributed by atoms with Gasteiger partial charge in [-0.3, -0.25) is 4.79 Å². The van der Waals surface area contributed by atoms with E-state index in [9.17, 15) is 4.79 Å². The van der Waals surface area contributed by atoms with Crippen LogP contribution in [0.25, 0.3) is 0 Å². The number of amides is 1. The highest BCUT2D eigenvalue weighted by atomic mass is 35.5. The van der Waals surface area contributed by atoms with E-state index in [1.54, 1.807) is 18.2 Å². The zero-order chi connectivity index (χ0) is 13.1. The molecule has 0 radical (unpaired) electrons. The fourth-order valence-electron chi connectivity index (χ4n) is 1.65. The van der Waals surface area contributed by atoms with E-state index in [0.717, 1.165) is 13.1 Å². The Labute approximate surface area is 112 Å². The number of rotatable bonds is 4. The van der Waals surface area contributed by atoms with Crippen molar-refractivity contribution in [1.29, 1.82) is 0 Å². The van der Waals surface area contributed by atoms with Gasteiger partial charge in [-0.2, -0.15) is 0 Å². The zero-order valence-corrected chi connectivity index (χ0v) is 11.3. The first kappa shape index (κ1) is 13.2. The number of nitrogens with one attached hydrogen (secondary N) is 2. The van der Waals surface area contributed by atoms with Crippen molar-refractivity contribution in [3.63, 3.8) is 0 Å². The normalized spacial score (nSPS) is 15.3. The molecule has 0 saturated carbocycles. The summed E-state index contributed by atoms with van der Waals surface area (Å²) in [6.07, 6.45) is 0.0731. The summed E-state index contributed by atoms with van der Waals surface area (Å²) in [5.41, 5.74) is 0.702. The van der Waals surface area contributed by atoms with Gasteiger partial charge in [0, 0.05) is 18.8 Å². The molecule has 4 nitrogen and oxygen atoms in total. The van der Waals surface area contributed by atoms with E-state index in [1.807, 2.05) is 13.8 Å². The molecule has 1 aliphatic rings. The molecule has 0 atom stereocenters. The maximum Gasteiger partial charge on any atom is 0.230 e. The molecular weight excluding hydrogens is 252 g/mol. The van der Waals surface area contributed by atoms with E-state index in [2.05, 4.69) is 10.6 Å². The van der Waals surface area contributed by atoms with E-state index in [4.69, 9.17) is 16.3 Å². The number of benzene rings is 1. The van der Waals surface area contributed by atoms with Crippen LogP contribution < -0.4 is 15.4 Å². The Morgan fingerprint density at radius 1 is 1.50 bits per heavy atom. The van der Waals surface area contributed by atoms with Crippen molar-refractivity contribution in [2.75, 3.05) is 18.4 Å². The van der Waals surface area contributed by atoms with Crippen LogP contribution in [0.1, 0.15) is 13.8 Å². The second-order valence-corrected chi connectivity index (χ2v) is 5.06. The number of hydrogen-bond acceptors (Lipinski definition) is 3. The van der Waals surface area contributed by atoms with Crippen LogP contribution in [0.4, 0.5) is 5.69 Å². The standard InChI is InChI=1S/C13H17ClN2O2/c1-8(2)18-12-4-3-10(5-11(12)14)16-13(17)9-6-15-7-9/h3-5,8-9,15H,6-7H2,1-2H3,(H,16,17). The second kappa shape index (κ2) is 5.59. The van der Waals surface area contributed by atoms with Crippen LogP contribution in [-0.2, 0) is 4.79 Å². The number of carbonyl (C=O) groups excluding carboxylic acids is 1. The van der Waals surface area contributed by atoms with Crippen LogP contribution in [-0.4, -0.2) is 25.1 Å². The van der Waals surface area contributed by atoms with Gasteiger partial charge in [-0.05, 0) is 32.0 Å². The maximum atomic E-state index is 11.7. The Bertz CT molecular complexity index is 445. The summed E-state index contributed by atoms with van der Waals surface area (Å²) in [5, 5.41) is 6.42. The summed E-state index contributed by atoms with van der Waals surface area (Å²) in [6, 6.07) is 5.29. The van der Waals surface area contributed by atoms with Crippen molar-refractivity contribution in [3.8, 4) is 5.75 Å². The van der Waals surface area contributed by atoms with E-state index < -0.39 is 0 Å². The van der Waals surface area contributed by atoms with Crippen molar-refractivity contribution in [1.82, 2.24) is 5.32 Å². The van der Waals surface area contributed by atoms with Crippen LogP contribution in [0.15, 0.2) is 18.2 Å². The number of halogens is 1. The minimum atomic E-state index is 0.0299. The number of anilines is 1. The van der Waals surface area contributed by atoms with Crippen molar-refractivity contribution in [3.05, 3.63) is 23.2 Å². The molecule has 1 saturated heterocycles. The minimum Gasteiger partial charge on any atom is -0.489 e. The van der Waals surface area contributed by atoms with Crippen molar-refractivity contribution in [2.24, 2.45) is 5.92 Å². The largest absolute Gasteiger partial charge is 0.489 e. The third-order valence-corrected chi connectivity index (χ3v) is 3.01. The number of ether oxygens (including phenoxy) is 1. The van der Waals surface area contributed by atoms with Crippen LogP contribution in [0.2, 0.25) is 5.02 Å². The first-order valence-corrected chi connectivity index (χ1v) is 6.42. The van der Waals surface area contributed by atoms with E-state index in [-0.39, 0.29) is 17.9 Å². The van der Waals surface area contributed by atoms with E-state index in [1.165, 1.54) is 0 Å². The van der Waals surface area contributed by atoms with Gasteiger partial charge in [-0.1, -0.05) is 11.6 Å². The molecule has 98 valence electrons. The first-order valence-electron chi connectivity index (χ1n) is 6.04. The quantitative estimate of drug-likeness (QED) is 0.881. The molecule has 2 N–H and O–H groups in total. The highest BCUT2D eigenvalue weighted by Crippen LogP contribution is 2.28. The van der Waals surface area contributed by atoms with Crippen LogP contribution in [0.3, 0.4) is 0 Å². The van der Waals surface area contributed by atoms with Gasteiger partial charge in [0.05, 0.1) is 17.0 Å². The molecule has 1 heterocycles. The first-order chi connectivity index (χ1) is 8.56. The molecule has 0 bridgehead atoms. The molecule has 0 aliphatic carbocycles. The maximum absolute atomic E-state index is 11.7. The van der Waals surface area contributed by atoms with Gasteiger partial charge in [0.1, 0.15) is 5.75 Å². The van der Waals surface area contributed by atoms with Crippen LogP contribution in [0, 0.1) is 5.92 Å². The molecule has 5 heteroatoms. The summed E-state index contributed by atoms with van der Waals surface area (Å²) in [7, 11) is 0. The van der Waals surface area contributed by atoms with E-state index in [0.29, 0.717) is 16.5 Å². The Morgan fingerprint density at radius 3 is 2.72 bits per heavy atom. The van der Waals surface area contributed by atoms with Crippen LogP contribution >= 0.6 is 11.6 Å². The van der Waals surface area contributed by atoms with Gasteiger partial charge >= 0.3 is 0 Å². The van der Waals surface area contributed by atoms with Crippen molar-refractivity contribution in [2.45, 2.75) is 20.0 Å². The van der Waals surface area contributed by atoms with Gasteiger partial charge in [-0.15, -0.1) is 0 Å². The molecule has 0 spiro atoms. The Balaban J connectivity index is 2.01. The van der Waals surface area contributed by atoms with Gasteiger partial charge < -0.3 is 15.4 Å². The molecule has 1 aromatic rings. The topological polar surface area (TPSA) is 50.4 Å². The summed E-state index contributed by atoms with van der Waals surface area (Å²) < 4.78 is 5.53. The monoisotopic (exact) mass is 268 g/mol. The average Bonchev–Trinajstić information content (AvgIpc) is 2.18. The summed E-state index contributed by atoms with van der Waals surface area (Å²) in [5.74, 6) is 0.729. The lowest BCUT2D eigenvalue weighted by Gasteiger charge is -2.25. The number of carbonyl (C=O) groups is 1. The van der Waals surface area contributed by atoms with Crippen molar-refractivity contribution < 1.29 is 9.53 Å². The predicted molar refractivity (Wildman–Crippen MR) is 72.2 cm³/mol. The summed E-state index contributed by atoms with van der Waals surface area (Å²) in [6.45, 7) is 5.37. The highest BCUT2D eigenvalue weighted by Gasteiger charge is 2.24. The molecule has 1 aromatic carbocycles. The van der Waals surface area contributed by atoms with Gasteiger partial charge in [-0.25, -0.2) is 0 Å². The fourth-order valence-corrected chi connectivity index (χ4v) is 1.87. The van der Waals surface area contributed by atoms with Crippen LogP contribution in [0.5, 0.6) is 5.75 Å². The third-order valence-electron chi connectivity index (χ3n) is 2.71. The minimum absolute atomic E-state index is 0.0299. The van der Waals surface area contributed by atoms with Gasteiger partial charge in [0.25, 0.3) is 0 Å². The Morgan fingerprint density at radius 2 is 2.22 bits per heavy atom. The zero-order valence-electron chi connectivity index (χ0n) is 10.5. The highest BCUT2D eigenvalue weighted by molar-refractivity contribution is 6.32. The molecule has 1 aliphatic heterocycles. The lowest BCUT2D eigenvalue weighted by Crippen LogP contribution is -2.48. The molecule has 0 aromatic heterocycles. The lowest BCUT2D eigenvalue weighted by molar-refractivity contribution is -0.121. The molecule has 1 amide bonds. The fraction of sp³-hybridized carbons (Fsp3) is 0.462. The van der Waals surface area contributed by atoms with Gasteiger partial charge in [0.15, 0.2) is 0 Å². The SMILES string of the molecule is CC(C)Oc1ccc(NC(=O)C2CNC2)cc1Cl. The Kier molecular flexibility index (Phi) is 4.09. The predicted octanol–water partition coefficient (Wildman–Crippen LogP) is 2.29. The second-order valence-electron chi connectivity index (χ2n) is 4.66. The summed E-state index contributed by atoms with van der Waals surface area (Å²) >= 11 is 6.10. The molecule has 18 heavy (non-hydrogen) atoms. The molecule has 1 fully saturated rings. The molecule has 2 rings (SSSR count). The Hall–Kier alpha value is -1.26.